The molecule has 0 bridgehead atoms. The van der Waals surface area contributed by atoms with Gasteiger partial charge >= 0.3 is 0 Å². The van der Waals surface area contributed by atoms with Gasteiger partial charge in [0.15, 0.2) is 0 Å². The van der Waals surface area contributed by atoms with Crippen LogP contribution < -0.4 is 5.73 Å². The molecule has 0 fully saturated rings. The monoisotopic (exact) mass is 250 g/mol. The number of hydrogen-bond acceptors (Lipinski definition) is 3. The first kappa shape index (κ1) is 15.2. The number of nitrogens with zero attached hydrogens (tertiary/aromatic N) is 1. The number of benzene rings is 1. The third-order valence-corrected chi connectivity index (χ3v) is 3.12. The van der Waals surface area contributed by atoms with E-state index in [4.69, 9.17) is 10.5 Å². The van der Waals surface area contributed by atoms with E-state index in [-0.39, 0.29) is 6.04 Å². The summed E-state index contributed by atoms with van der Waals surface area (Å²) in [6.07, 6.45) is 0.911. The zero-order chi connectivity index (χ0) is 13.4. The Morgan fingerprint density at radius 1 is 1.22 bits per heavy atom. The van der Waals surface area contributed by atoms with Crippen LogP contribution in [0.1, 0.15) is 25.8 Å². The molecule has 1 rings (SSSR count). The fourth-order valence-electron chi connectivity index (χ4n) is 1.94. The molecule has 0 heterocycles. The average Bonchev–Trinajstić information content (AvgIpc) is 2.36. The van der Waals surface area contributed by atoms with Crippen molar-refractivity contribution in [1.29, 1.82) is 0 Å². The maximum atomic E-state index is 6.13. The van der Waals surface area contributed by atoms with Crippen molar-refractivity contribution in [3.8, 4) is 0 Å². The molecule has 1 unspecified atom stereocenters. The Hall–Kier alpha value is -0.900. The van der Waals surface area contributed by atoms with Crippen LogP contribution in [0.25, 0.3) is 0 Å². The maximum absolute atomic E-state index is 6.13. The molecule has 0 aliphatic heterocycles. The predicted octanol–water partition coefficient (Wildman–Crippen LogP) is 2.26. The summed E-state index contributed by atoms with van der Waals surface area (Å²) < 4.78 is 5.07. The van der Waals surface area contributed by atoms with Gasteiger partial charge in [0.2, 0.25) is 0 Å². The van der Waals surface area contributed by atoms with E-state index in [1.165, 1.54) is 5.56 Å². The van der Waals surface area contributed by atoms with Crippen molar-refractivity contribution in [3.05, 3.63) is 35.9 Å². The molecule has 3 nitrogen and oxygen atoms in total. The Morgan fingerprint density at radius 3 is 2.44 bits per heavy atom. The van der Waals surface area contributed by atoms with Crippen molar-refractivity contribution in [2.24, 2.45) is 5.73 Å². The topological polar surface area (TPSA) is 38.5 Å². The van der Waals surface area contributed by atoms with E-state index in [0.29, 0.717) is 6.04 Å². The Labute approximate surface area is 111 Å². The van der Waals surface area contributed by atoms with Gasteiger partial charge in [0.25, 0.3) is 0 Å². The van der Waals surface area contributed by atoms with Crippen LogP contribution in [0.3, 0.4) is 0 Å². The molecule has 2 N–H and O–H groups in total. The summed E-state index contributed by atoms with van der Waals surface area (Å²) in [6, 6.07) is 11.2. The van der Waals surface area contributed by atoms with Crippen LogP contribution in [-0.4, -0.2) is 37.2 Å². The van der Waals surface area contributed by atoms with Gasteiger partial charge in [-0.05, 0) is 25.8 Å². The lowest BCUT2D eigenvalue weighted by Gasteiger charge is -2.29. The van der Waals surface area contributed by atoms with E-state index in [1.54, 1.807) is 7.11 Å². The highest BCUT2D eigenvalue weighted by Gasteiger charge is 2.14. The van der Waals surface area contributed by atoms with Crippen molar-refractivity contribution >= 4 is 0 Å². The minimum absolute atomic E-state index is 0.177. The number of methoxy groups -OCH3 is 1. The second-order valence-corrected chi connectivity index (χ2v) is 5.05. The summed E-state index contributed by atoms with van der Waals surface area (Å²) in [6.45, 7) is 7.03. The lowest BCUT2D eigenvalue weighted by molar-refractivity contribution is 0.160. The number of ether oxygens (including phenoxy) is 1. The summed E-state index contributed by atoms with van der Waals surface area (Å²) in [5.74, 6) is 0. The quantitative estimate of drug-likeness (QED) is 0.769. The number of hydrogen-bond donors (Lipinski definition) is 1. The lowest BCUT2D eigenvalue weighted by Crippen LogP contribution is -2.41. The van der Waals surface area contributed by atoms with Crippen molar-refractivity contribution in [2.45, 2.75) is 38.9 Å². The maximum Gasteiger partial charge on any atom is 0.0477 e. The second-order valence-electron chi connectivity index (χ2n) is 5.05. The van der Waals surface area contributed by atoms with Crippen LogP contribution in [0.5, 0.6) is 0 Å². The summed E-state index contributed by atoms with van der Waals surface area (Å²) in [5, 5.41) is 0. The fraction of sp³-hybridized carbons (Fsp3) is 0.600. The summed E-state index contributed by atoms with van der Waals surface area (Å²) >= 11 is 0. The minimum Gasteiger partial charge on any atom is -0.385 e. The van der Waals surface area contributed by atoms with Gasteiger partial charge in [0.05, 0.1) is 0 Å². The van der Waals surface area contributed by atoms with E-state index >= 15 is 0 Å². The Bertz CT molecular complexity index is 314. The van der Waals surface area contributed by atoms with Gasteiger partial charge in [-0.3, -0.25) is 4.90 Å². The van der Waals surface area contributed by atoms with E-state index in [1.807, 2.05) is 6.07 Å². The molecular formula is C15H26N2O. The van der Waals surface area contributed by atoms with E-state index < -0.39 is 0 Å². The van der Waals surface area contributed by atoms with E-state index in [2.05, 4.69) is 43.0 Å². The lowest BCUT2D eigenvalue weighted by atomic mass is 10.1. The zero-order valence-corrected chi connectivity index (χ0v) is 11.8. The Kier molecular flexibility index (Phi) is 6.94. The minimum atomic E-state index is 0.177. The average molecular weight is 250 g/mol. The molecule has 102 valence electrons. The van der Waals surface area contributed by atoms with Crippen molar-refractivity contribution in [3.63, 3.8) is 0 Å². The largest absolute Gasteiger partial charge is 0.385 e. The van der Waals surface area contributed by atoms with Crippen LogP contribution >= 0.6 is 0 Å². The van der Waals surface area contributed by atoms with Crippen molar-refractivity contribution < 1.29 is 4.74 Å². The normalized spacial score (nSPS) is 13.2. The summed E-state index contributed by atoms with van der Waals surface area (Å²) in [4.78, 5) is 2.41. The molecule has 0 aliphatic rings. The van der Waals surface area contributed by atoms with E-state index in [9.17, 15) is 0 Å². The number of rotatable bonds is 8. The smallest absolute Gasteiger partial charge is 0.0477 e. The summed E-state index contributed by atoms with van der Waals surface area (Å²) in [5.41, 5.74) is 7.47. The Balaban J connectivity index is 2.50. The number of nitrogens with two attached hydrogens (primary N) is 1. The predicted molar refractivity (Wildman–Crippen MR) is 76.5 cm³/mol. The van der Waals surface area contributed by atoms with Gasteiger partial charge in [-0.2, -0.15) is 0 Å². The molecule has 1 aromatic rings. The molecule has 0 aliphatic carbocycles. The second kappa shape index (κ2) is 8.25. The van der Waals surface area contributed by atoms with Gasteiger partial charge in [0.1, 0.15) is 0 Å². The molecule has 0 spiro atoms. The SMILES string of the molecule is COCCC(N)CN(Cc1ccccc1)C(C)C. The van der Waals surface area contributed by atoms with Crippen LogP contribution in [-0.2, 0) is 11.3 Å². The first-order chi connectivity index (χ1) is 8.63. The fourth-order valence-corrected chi connectivity index (χ4v) is 1.94. The molecule has 0 saturated carbocycles. The molecule has 0 saturated heterocycles. The highest BCUT2D eigenvalue weighted by atomic mass is 16.5. The highest BCUT2D eigenvalue weighted by Crippen LogP contribution is 2.09. The molecular weight excluding hydrogens is 224 g/mol. The Morgan fingerprint density at radius 2 is 1.89 bits per heavy atom. The molecule has 0 aromatic heterocycles. The molecule has 18 heavy (non-hydrogen) atoms. The van der Waals surface area contributed by atoms with Gasteiger partial charge < -0.3 is 10.5 Å². The van der Waals surface area contributed by atoms with Gasteiger partial charge in [-0.25, -0.2) is 0 Å². The van der Waals surface area contributed by atoms with Crippen LogP contribution in [0.2, 0.25) is 0 Å². The third kappa shape index (κ3) is 5.63. The van der Waals surface area contributed by atoms with Crippen LogP contribution in [0.4, 0.5) is 0 Å². The van der Waals surface area contributed by atoms with Crippen molar-refractivity contribution in [1.82, 2.24) is 4.90 Å². The first-order valence-corrected chi connectivity index (χ1v) is 6.66. The standard InChI is InChI=1S/C15H26N2O/c1-13(2)17(12-15(16)9-10-18-3)11-14-7-5-4-6-8-14/h4-8,13,15H,9-12,16H2,1-3H3. The van der Waals surface area contributed by atoms with Gasteiger partial charge in [-0.15, -0.1) is 0 Å². The van der Waals surface area contributed by atoms with Gasteiger partial charge in [-0.1, -0.05) is 30.3 Å². The molecule has 3 heteroatoms. The summed E-state index contributed by atoms with van der Waals surface area (Å²) in [7, 11) is 1.72. The van der Waals surface area contributed by atoms with Crippen molar-refractivity contribution in [2.75, 3.05) is 20.3 Å². The van der Waals surface area contributed by atoms with Gasteiger partial charge in [0, 0.05) is 38.9 Å². The van der Waals surface area contributed by atoms with E-state index in [0.717, 1.165) is 26.1 Å². The molecule has 1 atom stereocenters. The zero-order valence-electron chi connectivity index (χ0n) is 11.8. The van der Waals surface area contributed by atoms with Crippen LogP contribution in [0, 0.1) is 0 Å². The molecule has 0 amide bonds. The molecule has 1 aromatic carbocycles. The highest BCUT2D eigenvalue weighted by molar-refractivity contribution is 5.14. The molecule has 0 radical (unpaired) electrons. The first-order valence-electron chi connectivity index (χ1n) is 6.66. The van der Waals surface area contributed by atoms with Crippen LogP contribution in [0.15, 0.2) is 30.3 Å². The third-order valence-electron chi connectivity index (χ3n) is 3.12.